The molecule has 0 amide bonds. The molecule has 0 aliphatic carbocycles. The normalized spacial score (nSPS) is 11.3. The van der Waals surface area contributed by atoms with Crippen LogP contribution in [0.5, 0.6) is 11.5 Å². The van der Waals surface area contributed by atoms with Crippen LogP contribution in [0.1, 0.15) is 26.3 Å². The lowest BCUT2D eigenvalue weighted by Crippen LogP contribution is -2.26. The number of carbonyl (C=O) groups excluding carboxylic acids is 1. The van der Waals surface area contributed by atoms with Crippen LogP contribution >= 0.6 is 0 Å². The van der Waals surface area contributed by atoms with E-state index in [0.717, 1.165) is 5.56 Å². The summed E-state index contributed by atoms with van der Waals surface area (Å²) in [4.78, 5) is 11.5. The average molecular weight is 311 g/mol. The Bertz CT molecular complexity index is 482. The van der Waals surface area contributed by atoms with Crippen molar-refractivity contribution in [1.82, 2.24) is 0 Å². The van der Waals surface area contributed by atoms with E-state index in [4.69, 9.17) is 19.9 Å². The molecule has 0 aromatic heterocycles. The topological polar surface area (TPSA) is 91.0 Å². The number of nitrogens with two attached hydrogens (primary N) is 1. The summed E-state index contributed by atoms with van der Waals surface area (Å²) < 4.78 is 15.8. The first-order chi connectivity index (χ1) is 10.3. The van der Waals surface area contributed by atoms with Crippen molar-refractivity contribution in [2.24, 2.45) is 5.73 Å². The van der Waals surface area contributed by atoms with Crippen molar-refractivity contribution in [3.05, 3.63) is 23.8 Å². The first kappa shape index (κ1) is 18.3. The smallest absolute Gasteiger partial charge is 0.332 e. The average Bonchev–Trinajstić information content (AvgIpc) is 2.39. The maximum atomic E-state index is 11.5. The van der Waals surface area contributed by atoms with E-state index >= 15 is 0 Å². The van der Waals surface area contributed by atoms with Gasteiger partial charge in [0.05, 0.1) is 6.61 Å². The second-order valence-electron chi connectivity index (χ2n) is 5.86. The van der Waals surface area contributed by atoms with Crippen LogP contribution in [0.25, 0.3) is 0 Å². The van der Waals surface area contributed by atoms with Crippen molar-refractivity contribution in [3.63, 3.8) is 0 Å². The molecular weight excluding hydrogens is 286 g/mol. The van der Waals surface area contributed by atoms with Crippen LogP contribution in [-0.2, 0) is 20.7 Å². The molecule has 0 spiro atoms. The van der Waals surface area contributed by atoms with Gasteiger partial charge in [-0.25, -0.2) is 4.79 Å². The SMILES string of the molecule is CC(C)(C)OC(=O)COCCc1cc(O)cc(OCCN)c1. The number of aromatic hydroxyl groups is 1. The van der Waals surface area contributed by atoms with Crippen molar-refractivity contribution in [2.45, 2.75) is 32.8 Å². The van der Waals surface area contributed by atoms with E-state index in [9.17, 15) is 9.90 Å². The van der Waals surface area contributed by atoms with E-state index < -0.39 is 11.6 Å². The molecule has 1 aromatic carbocycles. The van der Waals surface area contributed by atoms with E-state index in [1.165, 1.54) is 6.07 Å². The molecule has 1 rings (SSSR count). The number of benzene rings is 1. The number of esters is 1. The Balaban J connectivity index is 2.38. The predicted octanol–water partition coefficient (Wildman–Crippen LogP) is 1.63. The Hall–Kier alpha value is -1.79. The largest absolute Gasteiger partial charge is 0.508 e. The molecule has 0 aliphatic heterocycles. The molecule has 0 unspecified atom stereocenters. The van der Waals surface area contributed by atoms with Gasteiger partial charge in [-0.15, -0.1) is 0 Å². The Labute approximate surface area is 131 Å². The first-order valence-corrected chi connectivity index (χ1v) is 7.25. The van der Waals surface area contributed by atoms with Gasteiger partial charge in [0.15, 0.2) is 0 Å². The highest BCUT2D eigenvalue weighted by molar-refractivity contribution is 5.71. The van der Waals surface area contributed by atoms with Crippen LogP contribution < -0.4 is 10.5 Å². The highest BCUT2D eigenvalue weighted by Gasteiger charge is 2.15. The second kappa shape index (κ2) is 8.60. The molecule has 22 heavy (non-hydrogen) atoms. The standard InChI is InChI=1S/C16H25NO5/c1-16(2,3)22-15(19)11-20-6-4-12-8-13(18)10-14(9-12)21-7-5-17/h8-10,18H,4-7,11,17H2,1-3H3. The van der Waals surface area contributed by atoms with Gasteiger partial charge in [0.2, 0.25) is 0 Å². The molecule has 0 bridgehead atoms. The third kappa shape index (κ3) is 7.85. The highest BCUT2D eigenvalue weighted by Crippen LogP contribution is 2.22. The zero-order valence-electron chi connectivity index (χ0n) is 13.4. The number of rotatable bonds is 8. The minimum atomic E-state index is -0.513. The molecule has 0 radical (unpaired) electrons. The summed E-state index contributed by atoms with van der Waals surface area (Å²) in [7, 11) is 0. The van der Waals surface area contributed by atoms with E-state index in [1.807, 2.05) is 6.07 Å². The van der Waals surface area contributed by atoms with Gasteiger partial charge in [-0.1, -0.05) is 0 Å². The van der Waals surface area contributed by atoms with Crippen molar-refractivity contribution in [1.29, 1.82) is 0 Å². The van der Waals surface area contributed by atoms with E-state index in [2.05, 4.69) is 0 Å². The van der Waals surface area contributed by atoms with Crippen molar-refractivity contribution >= 4 is 5.97 Å². The summed E-state index contributed by atoms with van der Waals surface area (Å²) in [5, 5.41) is 9.64. The third-order valence-corrected chi connectivity index (χ3v) is 2.51. The van der Waals surface area contributed by atoms with Crippen LogP contribution in [-0.4, -0.2) is 43.0 Å². The fourth-order valence-electron chi connectivity index (χ4n) is 1.76. The second-order valence-corrected chi connectivity index (χ2v) is 5.86. The summed E-state index contributed by atoms with van der Waals surface area (Å²) >= 11 is 0. The lowest BCUT2D eigenvalue weighted by Gasteiger charge is -2.19. The summed E-state index contributed by atoms with van der Waals surface area (Å²) in [5.74, 6) is 0.291. The number of phenolic OH excluding ortho intramolecular Hbond substituents is 1. The van der Waals surface area contributed by atoms with E-state index in [0.29, 0.717) is 31.9 Å². The molecule has 6 heteroatoms. The fourth-order valence-corrected chi connectivity index (χ4v) is 1.76. The number of hydrogen-bond acceptors (Lipinski definition) is 6. The van der Waals surface area contributed by atoms with Crippen LogP contribution in [0.4, 0.5) is 0 Å². The molecule has 0 saturated heterocycles. The molecule has 6 nitrogen and oxygen atoms in total. The monoisotopic (exact) mass is 311 g/mol. The van der Waals surface area contributed by atoms with Crippen LogP contribution in [0, 0.1) is 0 Å². The van der Waals surface area contributed by atoms with Gasteiger partial charge in [-0.05, 0) is 44.9 Å². The van der Waals surface area contributed by atoms with Crippen LogP contribution in [0.15, 0.2) is 18.2 Å². The number of carbonyl (C=O) groups is 1. The predicted molar refractivity (Wildman–Crippen MR) is 83.0 cm³/mol. The van der Waals surface area contributed by atoms with Gasteiger partial charge in [0.25, 0.3) is 0 Å². The molecule has 0 aliphatic rings. The Morgan fingerprint density at radius 1 is 1.23 bits per heavy atom. The Kier molecular flexibility index (Phi) is 7.14. The van der Waals surface area contributed by atoms with E-state index in [1.54, 1.807) is 26.8 Å². The zero-order chi connectivity index (χ0) is 16.6. The molecule has 1 aromatic rings. The molecule has 3 N–H and O–H groups in total. The molecular formula is C16H25NO5. The molecule has 124 valence electrons. The van der Waals surface area contributed by atoms with Gasteiger partial charge in [0.1, 0.15) is 30.3 Å². The first-order valence-electron chi connectivity index (χ1n) is 7.25. The lowest BCUT2D eigenvalue weighted by atomic mass is 10.1. The van der Waals surface area contributed by atoms with Gasteiger partial charge in [-0.3, -0.25) is 0 Å². The molecule has 0 heterocycles. The quantitative estimate of drug-likeness (QED) is 0.560. The summed E-state index contributed by atoms with van der Waals surface area (Å²) in [6.45, 7) is 6.47. The lowest BCUT2D eigenvalue weighted by molar-refractivity contribution is -0.160. The minimum absolute atomic E-state index is 0.0907. The molecule has 0 saturated carbocycles. The van der Waals surface area contributed by atoms with Gasteiger partial charge < -0.3 is 25.1 Å². The Morgan fingerprint density at radius 2 is 1.95 bits per heavy atom. The van der Waals surface area contributed by atoms with E-state index in [-0.39, 0.29) is 12.4 Å². The fraction of sp³-hybridized carbons (Fsp3) is 0.562. The number of phenols is 1. The third-order valence-electron chi connectivity index (χ3n) is 2.51. The van der Waals surface area contributed by atoms with Gasteiger partial charge in [-0.2, -0.15) is 0 Å². The Morgan fingerprint density at radius 3 is 2.59 bits per heavy atom. The van der Waals surface area contributed by atoms with Crippen molar-refractivity contribution in [3.8, 4) is 11.5 Å². The molecule has 0 atom stereocenters. The van der Waals surface area contributed by atoms with Crippen molar-refractivity contribution in [2.75, 3.05) is 26.4 Å². The van der Waals surface area contributed by atoms with Gasteiger partial charge in [0, 0.05) is 12.6 Å². The zero-order valence-corrected chi connectivity index (χ0v) is 13.4. The minimum Gasteiger partial charge on any atom is -0.508 e. The number of ether oxygens (including phenoxy) is 3. The van der Waals surface area contributed by atoms with Crippen LogP contribution in [0.3, 0.4) is 0 Å². The van der Waals surface area contributed by atoms with Crippen LogP contribution in [0.2, 0.25) is 0 Å². The molecule has 0 fully saturated rings. The maximum absolute atomic E-state index is 11.5. The maximum Gasteiger partial charge on any atom is 0.332 e. The van der Waals surface area contributed by atoms with Crippen molar-refractivity contribution < 1.29 is 24.1 Å². The van der Waals surface area contributed by atoms with Gasteiger partial charge >= 0.3 is 5.97 Å². The number of hydrogen-bond donors (Lipinski definition) is 2. The summed E-state index contributed by atoms with van der Waals surface area (Å²) in [5.41, 5.74) is 5.72. The summed E-state index contributed by atoms with van der Waals surface area (Å²) in [6, 6.07) is 4.97. The highest BCUT2D eigenvalue weighted by atomic mass is 16.6. The summed E-state index contributed by atoms with van der Waals surface area (Å²) in [6.07, 6.45) is 0.552.